The van der Waals surface area contributed by atoms with Crippen LogP contribution < -0.4 is 15.8 Å². The van der Waals surface area contributed by atoms with Crippen molar-refractivity contribution >= 4 is 17.4 Å². The second-order valence-corrected chi connectivity index (χ2v) is 3.73. The van der Waals surface area contributed by atoms with Crippen LogP contribution in [0, 0.1) is 6.92 Å². The molecule has 1 aromatic heterocycles. The minimum atomic E-state index is -0.344. The van der Waals surface area contributed by atoms with E-state index in [0.717, 1.165) is 0 Å². The van der Waals surface area contributed by atoms with E-state index in [1.807, 2.05) is 0 Å². The van der Waals surface area contributed by atoms with E-state index in [9.17, 15) is 4.79 Å². The average Bonchev–Trinajstić information content (AvgIpc) is 2.74. The Balaban J connectivity index is 2.18. The lowest BCUT2D eigenvalue weighted by Crippen LogP contribution is -2.14. The van der Waals surface area contributed by atoms with Crippen molar-refractivity contribution in [2.24, 2.45) is 0 Å². The zero-order chi connectivity index (χ0) is 13.1. The molecule has 0 radical (unpaired) electrons. The molecular weight excluding hydrogens is 234 g/mol. The molecule has 18 heavy (non-hydrogen) atoms. The topological polar surface area (TPSA) is 90.4 Å². The fourth-order valence-corrected chi connectivity index (χ4v) is 1.48. The number of rotatable bonds is 3. The highest BCUT2D eigenvalue weighted by molar-refractivity contribution is 6.07. The first-order chi connectivity index (χ1) is 8.60. The van der Waals surface area contributed by atoms with Gasteiger partial charge in [0.05, 0.1) is 12.7 Å². The first kappa shape index (κ1) is 12.0. The number of hydrogen-bond donors (Lipinski definition) is 2. The standard InChI is InChI=1S/C12H13N3O3/c1-7-5-11(15-18-7)14-12(16)9-4-3-8(17-2)6-10(9)13/h3-6H,13H2,1-2H3,(H,14,15,16). The summed E-state index contributed by atoms with van der Waals surface area (Å²) in [6, 6.07) is 6.47. The predicted octanol–water partition coefficient (Wildman–Crippen LogP) is 1.83. The molecule has 0 aliphatic rings. The number of aromatic nitrogens is 1. The third kappa shape index (κ3) is 2.42. The van der Waals surface area contributed by atoms with Gasteiger partial charge in [0.25, 0.3) is 5.91 Å². The number of nitrogens with one attached hydrogen (secondary N) is 1. The van der Waals surface area contributed by atoms with Crippen molar-refractivity contribution < 1.29 is 14.1 Å². The number of ether oxygens (including phenoxy) is 1. The third-order valence-electron chi connectivity index (χ3n) is 2.37. The highest BCUT2D eigenvalue weighted by atomic mass is 16.5. The molecule has 0 spiro atoms. The second-order valence-electron chi connectivity index (χ2n) is 3.73. The number of hydrogen-bond acceptors (Lipinski definition) is 5. The van der Waals surface area contributed by atoms with Crippen LogP contribution in [0.1, 0.15) is 16.1 Å². The van der Waals surface area contributed by atoms with Gasteiger partial charge in [0, 0.05) is 17.8 Å². The molecule has 0 aliphatic heterocycles. The molecule has 0 bridgehead atoms. The van der Waals surface area contributed by atoms with Crippen molar-refractivity contribution in [3.63, 3.8) is 0 Å². The van der Waals surface area contributed by atoms with Gasteiger partial charge < -0.3 is 20.3 Å². The van der Waals surface area contributed by atoms with Crippen molar-refractivity contribution in [2.75, 3.05) is 18.2 Å². The van der Waals surface area contributed by atoms with E-state index < -0.39 is 0 Å². The number of nitrogen functional groups attached to an aromatic ring is 1. The molecule has 6 nitrogen and oxygen atoms in total. The Kier molecular flexibility index (Phi) is 3.18. The van der Waals surface area contributed by atoms with Gasteiger partial charge in [-0.05, 0) is 19.1 Å². The molecule has 2 rings (SSSR count). The normalized spacial score (nSPS) is 10.1. The average molecular weight is 247 g/mol. The van der Waals surface area contributed by atoms with Gasteiger partial charge in [0.15, 0.2) is 5.82 Å². The summed E-state index contributed by atoms with van der Waals surface area (Å²) < 4.78 is 9.86. The summed E-state index contributed by atoms with van der Waals surface area (Å²) in [5.41, 5.74) is 6.47. The molecule has 94 valence electrons. The molecule has 0 saturated heterocycles. The zero-order valence-corrected chi connectivity index (χ0v) is 10.1. The smallest absolute Gasteiger partial charge is 0.259 e. The van der Waals surface area contributed by atoms with Crippen LogP contribution in [0.25, 0.3) is 0 Å². The Morgan fingerprint density at radius 3 is 2.78 bits per heavy atom. The van der Waals surface area contributed by atoms with Crippen molar-refractivity contribution in [1.82, 2.24) is 5.16 Å². The van der Waals surface area contributed by atoms with Gasteiger partial charge >= 0.3 is 0 Å². The van der Waals surface area contributed by atoms with Crippen LogP contribution in [0.4, 0.5) is 11.5 Å². The summed E-state index contributed by atoms with van der Waals surface area (Å²) in [5.74, 6) is 1.23. The van der Waals surface area contributed by atoms with Crippen molar-refractivity contribution in [1.29, 1.82) is 0 Å². The van der Waals surface area contributed by atoms with Gasteiger partial charge in [-0.25, -0.2) is 0 Å². The summed E-state index contributed by atoms with van der Waals surface area (Å²) >= 11 is 0. The van der Waals surface area contributed by atoms with Gasteiger partial charge in [-0.1, -0.05) is 5.16 Å². The molecule has 1 aromatic carbocycles. The fourth-order valence-electron chi connectivity index (χ4n) is 1.48. The number of carbonyl (C=O) groups is 1. The van der Waals surface area contributed by atoms with E-state index in [0.29, 0.717) is 28.6 Å². The number of aryl methyl sites for hydroxylation is 1. The van der Waals surface area contributed by atoms with Gasteiger partial charge in [-0.2, -0.15) is 0 Å². The number of anilines is 2. The minimum Gasteiger partial charge on any atom is -0.497 e. The molecule has 1 amide bonds. The number of nitrogens with two attached hydrogens (primary N) is 1. The lowest BCUT2D eigenvalue weighted by Gasteiger charge is -2.06. The molecule has 0 fully saturated rings. The minimum absolute atomic E-state index is 0.340. The van der Waals surface area contributed by atoms with E-state index in [1.54, 1.807) is 31.2 Å². The van der Waals surface area contributed by atoms with Crippen molar-refractivity contribution in [3.05, 3.63) is 35.6 Å². The van der Waals surface area contributed by atoms with Gasteiger partial charge in [-0.15, -0.1) is 0 Å². The number of benzene rings is 1. The summed E-state index contributed by atoms with van der Waals surface area (Å²) in [5, 5.41) is 6.26. The maximum Gasteiger partial charge on any atom is 0.259 e. The summed E-state index contributed by atoms with van der Waals surface area (Å²) in [4.78, 5) is 11.9. The molecule has 0 unspecified atom stereocenters. The van der Waals surface area contributed by atoms with Crippen LogP contribution in [0.2, 0.25) is 0 Å². The first-order valence-corrected chi connectivity index (χ1v) is 5.28. The predicted molar refractivity (Wildman–Crippen MR) is 66.6 cm³/mol. The van der Waals surface area contributed by atoms with Gasteiger partial charge in [0.2, 0.25) is 0 Å². The van der Waals surface area contributed by atoms with Crippen LogP contribution in [0.5, 0.6) is 5.75 Å². The molecule has 3 N–H and O–H groups in total. The van der Waals surface area contributed by atoms with Crippen molar-refractivity contribution in [3.8, 4) is 5.75 Å². The van der Waals surface area contributed by atoms with Crippen LogP contribution >= 0.6 is 0 Å². The second kappa shape index (κ2) is 4.79. The number of methoxy groups -OCH3 is 1. The fraction of sp³-hybridized carbons (Fsp3) is 0.167. The van der Waals surface area contributed by atoms with E-state index in [4.69, 9.17) is 15.0 Å². The van der Waals surface area contributed by atoms with Crippen LogP contribution in [0.3, 0.4) is 0 Å². The first-order valence-electron chi connectivity index (χ1n) is 5.28. The highest BCUT2D eigenvalue weighted by Gasteiger charge is 2.12. The maximum absolute atomic E-state index is 11.9. The molecule has 6 heteroatoms. The van der Waals surface area contributed by atoms with E-state index in [1.165, 1.54) is 7.11 Å². The number of amides is 1. The third-order valence-corrected chi connectivity index (χ3v) is 2.37. The lowest BCUT2D eigenvalue weighted by molar-refractivity contribution is 0.102. The van der Waals surface area contributed by atoms with Crippen LogP contribution in [0.15, 0.2) is 28.8 Å². The van der Waals surface area contributed by atoms with E-state index >= 15 is 0 Å². The Morgan fingerprint density at radius 1 is 1.44 bits per heavy atom. The highest BCUT2D eigenvalue weighted by Crippen LogP contribution is 2.20. The quantitative estimate of drug-likeness (QED) is 0.807. The Morgan fingerprint density at radius 2 is 2.22 bits per heavy atom. The molecular formula is C12H13N3O3. The van der Waals surface area contributed by atoms with E-state index in [-0.39, 0.29) is 5.91 Å². The Labute approximate surface area is 104 Å². The largest absolute Gasteiger partial charge is 0.497 e. The summed E-state index contributed by atoms with van der Waals surface area (Å²) in [6.45, 7) is 1.74. The molecule has 1 heterocycles. The number of carbonyl (C=O) groups excluding carboxylic acids is 1. The summed E-state index contributed by atoms with van der Waals surface area (Å²) in [6.07, 6.45) is 0. The number of nitrogens with zero attached hydrogens (tertiary/aromatic N) is 1. The monoisotopic (exact) mass is 247 g/mol. The lowest BCUT2D eigenvalue weighted by atomic mass is 10.1. The molecule has 0 aliphatic carbocycles. The molecule has 0 saturated carbocycles. The molecule has 2 aromatic rings. The van der Waals surface area contributed by atoms with Gasteiger partial charge in [0.1, 0.15) is 11.5 Å². The Bertz CT molecular complexity index is 578. The zero-order valence-electron chi connectivity index (χ0n) is 10.1. The van der Waals surface area contributed by atoms with Crippen LogP contribution in [-0.4, -0.2) is 18.2 Å². The van der Waals surface area contributed by atoms with Gasteiger partial charge in [-0.3, -0.25) is 4.79 Å². The molecule has 0 atom stereocenters. The SMILES string of the molecule is COc1ccc(C(=O)Nc2cc(C)on2)c(N)c1. The summed E-state index contributed by atoms with van der Waals surface area (Å²) in [7, 11) is 1.53. The van der Waals surface area contributed by atoms with E-state index in [2.05, 4.69) is 10.5 Å². The van der Waals surface area contributed by atoms with Crippen LogP contribution in [-0.2, 0) is 0 Å². The maximum atomic E-state index is 11.9. The van der Waals surface area contributed by atoms with Crippen molar-refractivity contribution in [2.45, 2.75) is 6.92 Å². The Hall–Kier alpha value is -2.50.